The van der Waals surface area contributed by atoms with Gasteiger partial charge in [0, 0.05) is 6.04 Å². The van der Waals surface area contributed by atoms with Crippen molar-refractivity contribution in [1.29, 1.82) is 0 Å². The number of nitrogens with one attached hydrogen (secondary N) is 1. The van der Waals surface area contributed by atoms with Crippen LogP contribution in [-0.2, 0) is 0 Å². The fraction of sp³-hybridized carbons (Fsp3) is 1.00. The van der Waals surface area contributed by atoms with Gasteiger partial charge in [-0.2, -0.15) is 0 Å². The van der Waals surface area contributed by atoms with Crippen LogP contribution in [-0.4, -0.2) is 23.8 Å². The number of rotatable bonds is 5. The summed E-state index contributed by atoms with van der Waals surface area (Å²) in [7, 11) is 0. The molecule has 0 aliphatic heterocycles. The molecule has 0 unspecified atom stereocenters. The summed E-state index contributed by atoms with van der Waals surface area (Å²) in [6, 6.07) is 0.364. The molecule has 0 spiro atoms. The van der Waals surface area contributed by atoms with Gasteiger partial charge in [-0.3, -0.25) is 0 Å². The minimum Gasteiger partial charge on any atom is -0.392 e. The van der Waals surface area contributed by atoms with Crippen molar-refractivity contribution in [2.45, 2.75) is 64.5 Å². The monoisotopic (exact) mass is 199 g/mol. The first kappa shape index (κ1) is 12.0. The average Bonchev–Trinajstić information content (AvgIpc) is 2.17. The van der Waals surface area contributed by atoms with E-state index in [-0.39, 0.29) is 6.10 Å². The first-order chi connectivity index (χ1) is 6.74. The Morgan fingerprint density at radius 3 is 2.71 bits per heavy atom. The van der Waals surface area contributed by atoms with E-state index in [0.717, 1.165) is 25.3 Å². The number of hydrogen-bond acceptors (Lipinski definition) is 2. The molecule has 3 atom stereocenters. The van der Waals surface area contributed by atoms with Crippen LogP contribution in [0, 0.1) is 5.92 Å². The van der Waals surface area contributed by atoms with E-state index in [1.807, 2.05) is 0 Å². The van der Waals surface area contributed by atoms with Crippen molar-refractivity contribution in [2.24, 2.45) is 5.92 Å². The van der Waals surface area contributed by atoms with E-state index >= 15 is 0 Å². The maximum atomic E-state index is 9.75. The lowest BCUT2D eigenvalue weighted by molar-refractivity contribution is 0.0890. The Bertz CT molecular complexity index is 149. The van der Waals surface area contributed by atoms with Gasteiger partial charge in [0.1, 0.15) is 0 Å². The Morgan fingerprint density at radius 2 is 2.07 bits per heavy atom. The SMILES string of the molecule is CCC[C@H](C)CN[C@H]1CCCC[C@H]1O. The zero-order valence-electron chi connectivity index (χ0n) is 9.63. The van der Waals surface area contributed by atoms with Crippen molar-refractivity contribution < 1.29 is 5.11 Å². The highest BCUT2D eigenvalue weighted by Gasteiger charge is 2.22. The minimum absolute atomic E-state index is 0.0995. The summed E-state index contributed by atoms with van der Waals surface area (Å²) >= 11 is 0. The Balaban J connectivity index is 2.15. The highest BCUT2D eigenvalue weighted by atomic mass is 16.3. The van der Waals surface area contributed by atoms with Gasteiger partial charge in [0.2, 0.25) is 0 Å². The molecular formula is C12H25NO. The second-order valence-corrected chi connectivity index (χ2v) is 4.76. The number of aliphatic hydroxyl groups is 1. The van der Waals surface area contributed by atoms with Gasteiger partial charge >= 0.3 is 0 Å². The van der Waals surface area contributed by atoms with E-state index in [1.165, 1.54) is 25.7 Å². The molecule has 0 amide bonds. The molecule has 2 heteroatoms. The summed E-state index contributed by atoms with van der Waals surface area (Å²) in [6.45, 7) is 5.58. The Kier molecular flexibility index (Phi) is 5.49. The summed E-state index contributed by atoms with van der Waals surface area (Å²) in [5.41, 5.74) is 0. The summed E-state index contributed by atoms with van der Waals surface area (Å²) in [4.78, 5) is 0. The standard InChI is InChI=1S/C12H25NO/c1-3-6-10(2)9-13-11-7-4-5-8-12(11)14/h10-14H,3-9H2,1-2H3/t10-,11-,12+/m0/s1. The summed E-state index contributed by atoms with van der Waals surface area (Å²) in [5.74, 6) is 0.745. The Labute approximate surface area is 88.1 Å². The lowest BCUT2D eigenvalue weighted by Gasteiger charge is -2.29. The molecule has 0 radical (unpaired) electrons. The molecule has 1 aliphatic rings. The van der Waals surface area contributed by atoms with Crippen molar-refractivity contribution >= 4 is 0 Å². The lowest BCUT2D eigenvalue weighted by Crippen LogP contribution is -2.43. The van der Waals surface area contributed by atoms with Crippen LogP contribution in [0.3, 0.4) is 0 Å². The normalized spacial score (nSPS) is 30.2. The predicted molar refractivity (Wildman–Crippen MR) is 60.3 cm³/mol. The van der Waals surface area contributed by atoms with Crippen LogP contribution < -0.4 is 5.32 Å². The van der Waals surface area contributed by atoms with Crippen LogP contribution in [0.15, 0.2) is 0 Å². The molecule has 14 heavy (non-hydrogen) atoms. The molecule has 84 valence electrons. The molecule has 0 saturated heterocycles. The second-order valence-electron chi connectivity index (χ2n) is 4.76. The Hall–Kier alpha value is -0.0800. The largest absolute Gasteiger partial charge is 0.392 e. The third-order valence-corrected chi connectivity index (χ3v) is 3.24. The van der Waals surface area contributed by atoms with E-state index in [2.05, 4.69) is 19.2 Å². The highest BCUT2D eigenvalue weighted by Crippen LogP contribution is 2.18. The van der Waals surface area contributed by atoms with Crippen molar-refractivity contribution in [1.82, 2.24) is 5.32 Å². The minimum atomic E-state index is -0.0995. The topological polar surface area (TPSA) is 32.3 Å². The van der Waals surface area contributed by atoms with Gasteiger partial charge in [-0.05, 0) is 31.7 Å². The van der Waals surface area contributed by atoms with Crippen LogP contribution in [0.4, 0.5) is 0 Å². The first-order valence-electron chi connectivity index (χ1n) is 6.15. The van der Waals surface area contributed by atoms with Crippen molar-refractivity contribution in [3.8, 4) is 0 Å². The van der Waals surface area contributed by atoms with Crippen LogP contribution in [0.2, 0.25) is 0 Å². The quantitative estimate of drug-likeness (QED) is 0.712. The highest BCUT2D eigenvalue weighted by molar-refractivity contribution is 4.80. The van der Waals surface area contributed by atoms with Crippen LogP contribution in [0.5, 0.6) is 0 Å². The van der Waals surface area contributed by atoms with E-state index in [9.17, 15) is 5.11 Å². The van der Waals surface area contributed by atoms with Gasteiger partial charge in [-0.15, -0.1) is 0 Å². The Morgan fingerprint density at radius 1 is 1.36 bits per heavy atom. The smallest absolute Gasteiger partial charge is 0.0693 e. The van der Waals surface area contributed by atoms with Gasteiger partial charge in [0.15, 0.2) is 0 Å². The molecule has 2 nitrogen and oxygen atoms in total. The van der Waals surface area contributed by atoms with Gasteiger partial charge in [-0.25, -0.2) is 0 Å². The van der Waals surface area contributed by atoms with Gasteiger partial charge in [-0.1, -0.05) is 33.1 Å². The van der Waals surface area contributed by atoms with Gasteiger partial charge < -0.3 is 10.4 Å². The average molecular weight is 199 g/mol. The molecule has 2 N–H and O–H groups in total. The molecule has 0 aromatic heterocycles. The molecule has 1 rings (SSSR count). The fourth-order valence-electron chi connectivity index (χ4n) is 2.30. The maximum absolute atomic E-state index is 9.75. The second kappa shape index (κ2) is 6.41. The zero-order valence-corrected chi connectivity index (χ0v) is 9.63. The number of hydrogen-bond donors (Lipinski definition) is 2. The fourth-order valence-corrected chi connectivity index (χ4v) is 2.30. The molecule has 0 aromatic carbocycles. The number of aliphatic hydroxyl groups excluding tert-OH is 1. The molecule has 0 bridgehead atoms. The van der Waals surface area contributed by atoms with Crippen molar-refractivity contribution in [3.63, 3.8) is 0 Å². The van der Waals surface area contributed by atoms with E-state index in [4.69, 9.17) is 0 Å². The van der Waals surface area contributed by atoms with Crippen LogP contribution >= 0.6 is 0 Å². The predicted octanol–water partition coefficient (Wildman–Crippen LogP) is 2.32. The molecule has 0 aromatic rings. The molecule has 1 aliphatic carbocycles. The zero-order chi connectivity index (χ0) is 10.4. The first-order valence-corrected chi connectivity index (χ1v) is 6.15. The van der Waals surface area contributed by atoms with Crippen LogP contribution in [0.1, 0.15) is 52.4 Å². The molecule has 1 saturated carbocycles. The third kappa shape index (κ3) is 3.97. The molecule has 0 heterocycles. The van der Waals surface area contributed by atoms with Gasteiger partial charge in [0.05, 0.1) is 6.10 Å². The van der Waals surface area contributed by atoms with Crippen molar-refractivity contribution in [2.75, 3.05) is 6.54 Å². The summed E-state index contributed by atoms with van der Waals surface area (Å²) in [6.07, 6.45) is 7.06. The summed E-state index contributed by atoms with van der Waals surface area (Å²) in [5, 5.41) is 13.3. The molecular weight excluding hydrogens is 174 g/mol. The van der Waals surface area contributed by atoms with E-state index < -0.39 is 0 Å². The van der Waals surface area contributed by atoms with Crippen LogP contribution in [0.25, 0.3) is 0 Å². The summed E-state index contributed by atoms with van der Waals surface area (Å²) < 4.78 is 0. The maximum Gasteiger partial charge on any atom is 0.0693 e. The van der Waals surface area contributed by atoms with Gasteiger partial charge in [0.25, 0.3) is 0 Å². The third-order valence-electron chi connectivity index (χ3n) is 3.24. The molecule has 1 fully saturated rings. The van der Waals surface area contributed by atoms with E-state index in [0.29, 0.717) is 6.04 Å². The van der Waals surface area contributed by atoms with E-state index in [1.54, 1.807) is 0 Å². The lowest BCUT2D eigenvalue weighted by atomic mass is 9.92. The van der Waals surface area contributed by atoms with Crippen molar-refractivity contribution in [3.05, 3.63) is 0 Å².